The largest absolute Gasteiger partial charge is 0.465 e. The van der Waals surface area contributed by atoms with Crippen LogP contribution in [0, 0.1) is 6.92 Å². The summed E-state index contributed by atoms with van der Waals surface area (Å²) in [4.78, 5) is 48.0. The van der Waals surface area contributed by atoms with E-state index < -0.39 is 11.8 Å². The zero-order valence-electron chi connectivity index (χ0n) is 23.2. The number of aromatic nitrogens is 5. The van der Waals surface area contributed by atoms with Gasteiger partial charge in [-0.2, -0.15) is 4.98 Å². The fraction of sp³-hybridized carbons (Fsp3) is 0.400. The van der Waals surface area contributed by atoms with Crippen molar-refractivity contribution in [2.45, 2.75) is 58.4 Å². The van der Waals surface area contributed by atoms with E-state index in [1.54, 1.807) is 17.0 Å². The van der Waals surface area contributed by atoms with Gasteiger partial charge in [0.15, 0.2) is 5.65 Å². The third-order valence-corrected chi connectivity index (χ3v) is 7.92. The molecule has 1 N–H and O–H groups in total. The Balaban J connectivity index is 1.67. The lowest BCUT2D eigenvalue weighted by Crippen LogP contribution is -2.54. The fourth-order valence-electron chi connectivity index (χ4n) is 5.74. The number of anilines is 1. The van der Waals surface area contributed by atoms with E-state index in [0.29, 0.717) is 42.7 Å². The molecule has 1 aliphatic carbocycles. The minimum Gasteiger partial charge on any atom is -0.465 e. The fourth-order valence-corrected chi connectivity index (χ4v) is 5.74. The highest BCUT2D eigenvalue weighted by Crippen LogP contribution is 2.45. The van der Waals surface area contributed by atoms with Gasteiger partial charge in [0.25, 0.3) is 0 Å². The van der Waals surface area contributed by atoms with Crippen molar-refractivity contribution in [2.75, 3.05) is 24.5 Å². The van der Waals surface area contributed by atoms with Gasteiger partial charge in [-0.1, -0.05) is 13.8 Å². The summed E-state index contributed by atoms with van der Waals surface area (Å²) in [5.41, 5.74) is 5.36. The van der Waals surface area contributed by atoms with E-state index in [1.807, 2.05) is 38.2 Å². The van der Waals surface area contributed by atoms with Gasteiger partial charge in [-0.15, -0.1) is 0 Å². The van der Waals surface area contributed by atoms with Crippen LogP contribution in [-0.2, 0) is 0 Å². The Bertz CT molecular complexity index is 1660. The van der Waals surface area contributed by atoms with E-state index >= 15 is 0 Å². The summed E-state index contributed by atoms with van der Waals surface area (Å²) in [6.45, 7) is 9.16. The standard InChI is InChI=1S/C30H33N7O3/c1-17(2)24-26(18(3)9-11-32-24)37-28-23(14-22(20-7-8-20)25(33-28)21-6-5-10-31-15-21)27(34-29(37)38)36-13-12-35(30(39)40)16-19(36)4/h5-6,9-11,14-15,17,19-20H,7-8,12-13,16H2,1-4H3,(H,39,40). The summed E-state index contributed by atoms with van der Waals surface area (Å²) in [6, 6.07) is 7.79. The maximum Gasteiger partial charge on any atom is 0.407 e. The number of nitrogens with zero attached hydrogens (tertiary/aromatic N) is 7. The zero-order chi connectivity index (χ0) is 28.1. The summed E-state index contributed by atoms with van der Waals surface area (Å²) in [5.74, 6) is 1.01. The summed E-state index contributed by atoms with van der Waals surface area (Å²) >= 11 is 0. The molecular weight excluding hydrogens is 506 g/mol. The van der Waals surface area contributed by atoms with Crippen molar-refractivity contribution >= 4 is 22.9 Å². The number of hydrogen-bond donors (Lipinski definition) is 1. The average Bonchev–Trinajstić information content (AvgIpc) is 3.78. The average molecular weight is 540 g/mol. The molecule has 1 unspecified atom stereocenters. The van der Waals surface area contributed by atoms with Gasteiger partial charge in [-0.25, -0.2) is 19.1 Å². The molecule has 1 saturated carbocycles. The molecular formula is C30H33N7O3. The van der Waals surface area contributed by atoms with Gasteiger partial charge in [0, 0.05) is 49.8 Å². The van der Waals surface area contributed by atoms with Crippen LogP contribution in [0.15, 0.2) is 47.7 Å². The molecule has 2 aliphatic rings. The number of aryl methyl sites for hydroxylation is 1. The van der Waals surface area contributed by atoms with Crippen molar-refractivity contribution in [3.8, 4) is 16.9 Å². The van der Waals surface area contributed by atoms with Crippen LogP contribution in [0.1, 0.15) is 62.3 Å². The van der Waals surface area contributed by atoms with Gasteiger partial charge >= 0.3 is 11.8 Å². The van der Waals surface area contributed by atoms with Crippen molar-refractivity contribution in [2.24, 2.45) is 0 Å². The molecule has 1 saturated heterocycles. The number of amides is 1. The van der Waals surface area contributed by atoms with Crippen LogP contribution in [0.2, 0.25) is 0 Å². The Labute approximate surface area is 232 Å². The second-order valence-corrected chi connectivity index (χ2v) is 11.2. The van der Waals surface area contributed by atoms with Crippen molar-refractivity contribution in [3.05, 3.63) is 70.2 Å². The number of piperazine rings is 1. The lowest BCUT2D eigenvalue weighted by atomic mass is 10.0. The number of rotatable bonds is 5. The Kier molecular flexibility index (Phi) is 6.48. The maximum absolute atomic E-state index is 14.0. The second-order valence-electron chi connectivity index (χ2n) is 11.2. The molecule has 4 aromatic rings. The van der Waals surface area contributed by atoms with Crippen LogP contribution in [0.25, 0.3) is 28.0 Å². The van der Waals surface area contributed by atoms with Crippen LogP contribution >= 0.6 is 0 Å². The highest BCUT2D eigenvalue weighted by atomic mass is 16.4. The molecule has 5 heterocycles. The van der Waals surface area contributed by atoms with E-state index in [4.69, 9.17) is 4.98 Å². The lowest BCUT2D eigenvalue weighted by Gasteiger charge is -2.39. The second kappa shape index (κ2) is 10.0. The topological polar surface area (TPSA) is 117 Å². The van der Waals surface area contributed by atoms with Gasteiger partial charge in [0.05, 0.1) is 22.5 Å². The highest BCUT2D eigenvalue weighted by Gasteiger charge is 2.33. The first kappa shape index (κ1) is 25.9. The molecule has 0 aromatic carbocycles. The molecule has 1 amide bonds. The van der Waals surface area contributed by atoms with Crippen molar-refractivity contribution in [3.63, 3.8) is 0 Å². The molecule has 6 rings (SSSR count). The normalized spacial score (nSPS) is 17.6. The minimum atomic E-state index is -0.938. The van der Waals surface area contributed by atoms with Crippen molar-refractivity contribution in [1.82, 2.24) is 29.4 Å². The Morgan fingerprint density at radius 3 is 2.58 bits per heavy atom. The summed E-state index contributed by atoms with van der Waals surface area (Å²) in [6.07, 6.45) is 6.54. The molecule has 1 atom stereocenters. The van der Waals surface area contributed by atoms with Gasteiger partial charge in [-0.3, -0.25) is 9.97 Å². The molecule has 0 bridgehead atoms. The van der Waals surface area contributed by atoms with E-state index in [2.05, 4.69) is 39.8 Å². The molecule has 4 aromatic heterocycles. The SMILES string of the molecule is Cc1ccnc(C(C)C)c1-n1c(=O)nc(N2CCN(C(=O)O)CC2C)c2cc(C3CC3)c(-c3cccnc3)nc21. The predicted octanol–water partition coefficient (Wildman–Crippen LogP) is 4.74. The van der Waals surface area contributed by atoms with Gasteiger partial charge < -0.3 is 14.9 Å². The molecule has 10 heteroatoms. The molecule has 2 fully saturated rings. The van der Waals surface area contributed by atoms with Gasteiger partial charge in [-0.05, 0) is 73.9 Å². The molecule has 40 heavy (non-hydrogen) atoms. The van der Waals surface area contributed by atoms with E-state index in [0.717, 1.165) is 46.3 Å². The number of carbonyl (C=O) groups is 1. The van der Waals surface area contributed by atoms with E-state index in [1.165, 1.54) is 4.90 Å². The highest BCUT2D eigenvalue weighted by molar-refractivity contribution is 5.92. The van der Waals surface area contributed by atoms with Crippen LogP contribution < -0.4 is 10.6 Å². The summed E-state index contributed by atoms with van der Waals surface area (Å²) < 4.78 is 1.62. The van der Waals surface area contributed by atoms with Crippen LogP contribution in [0.5, 0.6) is 0 Å². The monoisotopic (exact) mass is 539 g/mol. The smallest absolute Gasteiger partial charge is 0.407 e. The molecule has 206 valence electrons. The number of fused-ring (bicyclic) bond motifs is 1. The first-order chi connectivity index (χ1) is 19.2. The quantitative estimate of drug-likeness (QED) is 0.387. The van der Waals surface area contributed by atoms with Crippen LogP contribution in [0.3, 0.4) is 0 Å². The third kappa shape index (κ3) is 4.47. The Hall–Kier alpha value is -4.34. The van der Waals surface area contributed by atoms with Crippen LogP contribution in [0.4, 0.5) is 10.6 Å². The summed E-state index contributed by atoms with van der Waals surface area (Å²) in [7, 11) is 0. The maximum atomic E-state index is 14.0. The molecule has 0 spiro atoms. The first-order valence-electron chi connectivity index (χ1n) is 13.8. The molecule has 10 nitrogen and oxygen atoms in total. The Morgan fingerprint density at radius 2 is 1.93 bits per heavy atom. The lowest BCUT2D eigenvalue weighted by molar-refractivity contribution is 0.136. The van der Waals surface area contributed by atoms with Crippen molar-refractivity contribution in [1.29, 1.82) is 0 Å². The number of carboxylic acid groups (broad SMARTS) is 1. The first-order valence-corrected chi connectivity index (χ1v) is 13.8. The third-order valence-electron chi connectivity index (χ3n) is 7.92. The Morgan fingerprint density at radius 1 is 1.12 bits per heavy atom. The van der Waals surface area contributed by atoms with Crippen molar-refractivity contribution < 1.29 is 9.90 Å². The number of hydrogen-bond acceptors (Lipinski definition) is 7. The van der Waals surface area contributed by atoms with E-state index in [-0.39, 0.29) is 12.0 Å². The number of pyridine rings is 3. The predicted molar refractivity (Wildman–Crippen MR) is 153 cm³/mol. The van der Waals surface area contributed by atoms with E-state index in [9.17, 15) is 14.7 Å². The van der Waals surface area contributed by atoms with Gasteiger partial charge in [0.1, 0.15) is 5.82 Å². The summed E-state index contributed by atoms with van der Waals surface area (Å²) in [5, 5.41) is 10.3. The zero-order valence-corrected chi connectivity index (χ0v) is 23.2. The van der Waals surface area contributed by atoms with Gasteiger partial charge in [0.2, 0.25) is 0 Å². The minimum absolute atomic E-state index is 0.0733. The van der Waals surface area contributed by atoms with Crippen LogP contribution in [-0.4, -0.2) is 66.3 Å². The molecule has 1 aliphatic heterocycles. The molecule has 0 radical (unpaired) electrons.